The average molecular weight is 278 g/mol. The van der Waals surface area contributed by atoms with Gasteiger partial charge >= 0.3 is 5.97 Å². The summed E-state index contributed by atoms with van der Waals surface area (Å²) in [5.74, 6) is -0.552. The molecule has 7 nitrogen and oxygen atoms in total. The van der Waals surface area contributed by atoms with Crippen LogP contribution in [0.25, 0.3) is 0 Å². The largest absolute Gasteiger partial charge is 0.457 e. The Kier molecular flexibility index (Phi) is 4.49. The van der Waals surface area contributed by atoms with Crippen LogP contribution in [0.4, 0.5) is 0 Å². The normalized spacial score (nSPS) is 14.3. The molecule has 1 amide bonds. The van der Waals surface area contributed by atoms with Gasteiger partial charge in [-0.1, -0.05) is 17.9 Å². The summed E-state index contributed by atoms with van der Waals surface area (Å²) in [6, 6.07) is 0. The SMILES string of the molecule is C=CCOC(=O)c1nnn(CC(=O)N2CCCC2)c1C. The van der Waals surface area contributed by atoms with E-state index in [1.165, 1.54) is 10.8 Å². The second-order valence-electron chi connectivity index (χ2n) is 4.66. The van der Waals surface area contributed by atoms with Crippen molar-refractivity contribution in [2.75, 3.05) is 19.7 Å². The molecule has 0 bridgehead atoms. The smallest absolute Gasteiger partial charge is 0.361 e. The summed E-state index contributed by atoms with van der Waals surface area (Å²) >= 11 is 0. The van der Waals surface area contributed by atoms with Crippen molar-refractivity contribution in [2.45, 2.75) is 26.3 Å². The molecular weight excluding hydrogens is 260 g/mol. The van der Waals surface area contributed by atoms with Crippen LogP contribution in [-0.4, -0.2) is 51.5 Å². The molecule has 0 atom stereocenters. The van der Waals surface area contributed by atoms with Gasteiger partial charge in [0.2, 0.25) is 5.91 Å². The molecule has 0 N–H and O–H groups in total. The van der Waals surface area contributed by atoms with Crippen molar-refractivity contribution < 1.29 is 14.3 Å². The first-order chi connectivity index (χ1) is 9.63. The van der Waals surface area contributed by atoms with E-state index < -0.39 is 5.97 Å². The highest BCUT2D eigenvalue weighted by atomic mass is 16.5. The summed E-state index contributed by atoms with van der Waals surface area (Å²) in [6.45, 7) is 6.98. The molecule has 1 saturated heterocycles. The van der Waals surface area contributed by atoms with E-state index in [0.717, 1.165) is 25.9 Å². The van der Waals surface area contributed by atoms with Crippen LogP contribution in [0.15, 0.2) is 12.7 Å². The van der Waals surface area contributed by atoms with Crippen LogP contribution in [0.2, 0.25) is 0 Å². The minimum Gasteiger partial charge on any atom is -0.457 e. The maximum absolute atomic E-state index is 12.0. The number of carbonyl (C=O) groups is 2. The van der Waals surface area contributed by atoms with Crippen molar-refractivity contribution in [2.24, 2.45) is 0 Å². The van der Waals surface area contributed by atoms with Gasteiger partial charge in [0.1, 0.15) is 13.2 Å². The lowest BCUT2D eigenvalue weighted by atomic mass is 10.3. The minimum atomic E-state index is -0.553. The zero-order chi connectivity index (χ0) is 14.5. The molecule has 20 heavy (non-hydrogen) atoms. The van der Waals surface area contributed by atoms with Crippen molar-refractivity contribution in [3.05, 3.63) is 24.0 Å². The molecule has 2 rings (SSSR count). The summed E-state index contributed by atoms with van der Waals surface area (Å²) in [6.07, 6.45) is 3.57. The van der Waals surface area contributed by atoms with E-state index in [4.69, 9.17) is 4.74 Å². The molecule has 0 unspecified atom stereocenters. The molecule has 108 valence electrons. The summed E-state index contributed by atoms with van der Waals surface area (Å²) in [7, 11) is 0. The lowest BCUT2D eigenvalue weighted by Crippen LogP contribution is -2.31. The first-order valence-electron chi connectivity index (χ1n) is 6.59. The molecular formula is C13H18N4O3. The number of rotatable bonds is 5. The Morgan fingerprint density at radius 2 is 2.10 bits per heavy atom. The number of nitrogens with zero attached hydrogens (tertiary/aromatic N) is 4. The van der Waals surface area contributed by atoms with Gasteiger partial charge in [-0.05, 0) is 19.8 Å². The molecule has 7 heteroatoms. The number of hydrogen-bond acceptors (Lipinski definition) is 5. The monoisotopic (exact) mass is 278 g/mol. The maximum Gasteiger partial charge on any atom is 0.361 e. The van der Waals surface area contributed by atoms with Crippen molar-refractivity contribution in [3.8, 4) is 0 Å². The average Bonchev–Trinajstić information content (AvgIpc) is 3.07. The van der Waals surface area contributed by atoms with Crippen LogP contribution < -0.4 is 0 Å². The lowest BCUT2D eigenvalue weighted by Gasteiger charge is -2.15. The Morgan fingerprint density at radius 1 is 1.40 bits per heavy atom. The van der Waals surface area contributed by atoms with Crippen LogP contribution >= 0.6 is 0 Å². The van der Waals surface area contributed by atoms with Gasteiger partial charge < -0.3 is 9.64 Å². The number of likely N-dealkylation sites (tertiary alicyclic amines) is 1. The second kappa shape index (κ2) is 6.31. The van der Waals surface area contributed by atoms with E-state index in [-0.39, 0.29) is 24.8 Å². The molecule has 1 aliphatic rings. The van der Waals surface area contributed by atoms with Gasteiger partial charge in [-0.15, -0.1) is 5.10 Å². The molecule has 2 heterocycles. The van der Waals surface area contributed by atoms with Crippen LogP contribution in [0.3, 0.4) is 0 Å². The van der Waals surface area contributed by atoms with Crippen molar-refractivity contribution in [1.29, 1.82) is 0 Å². The van der Waals surface area contributed by atoms with Crippen LogP contribution in [0.5, 0.6) is 0 Å². The van der Waals surface area contributed by atoms with Gasteiger partial charge in [-0.3, -0.25) is 4.79 Å². The number of carbonyl (C=O) groups excluding carboxylic acids is 2. The topological polar surface area (TPSA) is 77.3 Å². The molecule has 1 aromatic heterocycles. The van der Waals surface area contributed by atoms with Crippen molar-refractivity contribution >= 4 is 11.9 Å². The van der Waals surface area contributed by atoms with Gasteiger partial charge in [-0.2, -0.15) is 0 Å². The fourth-order valence-corrected chi connectivity index (χ4v) is 2.10. The summed E-state index contributed by atoms with van der Waals surface area (Å²) in [5.41, 5.74) is 0.674. The van der Waals surface area contributed by atoms with Gasteiger partial charge in [0, 0.05) is 13.1 Å². The minimum absolute atomic E-state index is 0.00140. The molecule has 0 radical (unpaired) electrons. The molecule has 0 saturated carbocycles. The quantitative estimate of drug-likeness (QED) is 0.580. The molecule has 0 aliphatic carbocycles. The zero-order valence-electron chi connectivity index (χ0n) is 11.5. The van der Waals surface area contributed by atoms with Gasteiger partial charge in [0.15, 0.2) is 5.69 Å². The zero-order valence-corrected chi connectivity index (χ0v) is 11.5. The molecule has 1 aliphatic heterocycles. The van der Waals surface area contributed by atoms with Crippen molar-refractivity contribution in [3.63, 3.8) is 0 Å². The number of ether oxygens (including phenoxy) is 1. The molecule has 0 spiro atoms. The van der Waals surface area contributed by atoms with E-state index >= 15 is 0 Å². The van der Waals surface area contributed by atoms with Crippen LogP contribution in [-0.2, 0) is 16.1 Å². The Bertz CT molecular complexity index is 518. The Labute approximate surface area is 117 Å². The molecule has 1 aromatic rings. The number of hydrogen-bond donors (Lipinski definition) is 0. The third kappa shape index (κ3) is 3.04. The fraction of sp³-hybridized carbons (Fsp3) is 0.538. The van der Waals surface area contributed by atoms with E-state index in [2.05, 4.69) is 16.9 Å². The number of esters is 1. The fourth-order valence-electron chi connectivity index (χ4n) is 2.10. The third-order valence-electron chi connectivity index (χ3n) is 3.25. The first kappa shape index (κ1) is 14.2. The van der Waals surface area contributed by atoms with E-state index in [0.29, 0.717) is 5.69 Å². The first-order valence-corrected chi connectivity index (χ1v) is 6.59. The molecule has 0 aromatic carbocycles. The van der Waals surface area contributed by atoms with Crippen molar-refractivity contribution in [1.82, 2.24) is 19.9 Å². The second-order valence-corrected chi connectivity index (χ2v) is 4.66. The lowest BCUT2D eigenvalue weighted by molar-refractivity contribution is -0.131. The highest BCUT2D eigenvalue weighted by molar-refractivity contribution is 5.88. The summed E-state index contributed by atoms with van der Waals surface area (Å²) < 4.78 is 6.34. The maximum atomic E-state index is 12.0. The van der Waals surface area contributed by atoms with Gasteiger partial charge in [-0.25, -0.2) is 9.48 Å². The third-order valence-corrected chi connectivity index (χ3v) is 3.25. The highest BCUT2D eigenvalue weighted by Gasteiger charge is 2.22. The van der Waals surface area contributed by atoms with Gasteiger partial charge in [0.25, 0.3) is 0 Å². The van der Waals surface area contributed by atoms with E-state index in [1.54, 1.807) is 11.8 Å². The van der Waals surface area contributed by atoms with Gasteiger partial charge in [0.05, 0.1) is 5.69 Å². The Hall–Kier alpha value is -2.18. The Balaban J connectivity index is 2.02. The summed E-state index contributed by atoms with van der Waals surface area (Å²) in [5, 5.41) is 7.63. The van der Waals surface area contributed by atoms with E-state index in [9.17, 15) is 9.59 Å². The summed E-state index contributed by atoms with van der Waals surface area (Å²) in [4.78, 5) is 25.5. The van der Waals surface area contributed by atoms with E-state index in [1.807, 2.05) is 0 Å². The standard InChI is InChI=1S/C13H18N4O3/c1-3-8-20-13(19)12-10(2)17(15-14-12)9-11(18)16-6-4-5-7-16/h3H,1,4-9H2,2H3. The Morgan fingerprint density at radius 3 is 2.75 bits per heavy atom. The molecule has 1 fully saturated rings. The van der Waals surface area contributed by atoms with Crippen LogP contribution in [0.1, 0.15) is 29.0 Å². The highest BCUT2D eigenvalue weighted by Crippen LogP contribution is 2.10. The number of amides is 1. The predicted molar refractivity (Wildman–Crippen MR) is 71.1 cm³/mol. The number of aromatic nitrogens is 3. The van der Waals surface area contributed by atoms with Crippen LogP contribution in [0, 0.1) is 6.92 Å². The predicted octanol–water partition coefficient (Wildman–Crippen LogP) is 0.552.